The van der Waals surface area contributed by atoms with Crippen LogP contribution in [0.2, 0.25) is 0 Å². The van der Waals surface area contributed by atoms with Crippen LogP contribution in [-0.2, 0) is 4.74 Å². The van der Waals surface area contributed by atoms with Crippen LogP contribution in [0.25, 0.3) is 0 Å². The molecule has 23 heavy (non-hydrogen) atoms. The Morgan fingerprint density at radius 3 is 2.35 bits per heavy atom. The first-order valence-corrected chi connectivity index (χ1v) is 8.30. The molecule has 1 aromatic carbocycles. The number of esters is 1. The molecule has 1 aliphatic rings. The van der Waals surface area contributed by atoms with Gasteiger partial charge in [0.1, 0.15) is 0 Å². The summed E-state index contributed by atoms with van der Waals surface area (Å²) in [4.78, 5) is 35.0. The molecule has 0 aromatic heterocycles. The van der Waals surface area contributed by atoms with E-state index >= 15 is 0 Å². The minimum atomic E-state index is -0.466. The molecule has 2 rings (SSSR count). The van der Waals surface area contributed by atoms with Gasteiger partial charge in [-0.05, 0) is 24.6 Å². The molecular formula is C18H23NO4. The summed E-state index contributed by atoms with van der Waals surface area (Å²) in [6.07, 6.45) is 8.09. The maximum Gasteiger partial charge on any atom is 0.338 e. The quantitative estimate of drug-likeness (QED) is 0.430. The maximum atomic E-state index is 12.0. The average molecular weight is 317 g/mol. The molecule has 0 bridgehead atoms. The van der Waals surface area contributed by atoms with Crippen molar-refractivity contribution in [2.75, 3.05) is 6.61 Å². The van der Waals surface area contributed by atoms with Gasteiger partial charge in [-0.15, -0.1) is 0 Å². The zero-order valence-corrected chi connectivity index (χ0v) is 13.5. The Bertz CT molecular complexity index is 595. The normalized spacial score (nSPS) is 12.9. The molecule has 2 amide bonds. The van der Waals surface area contributed by atoms with Crippen molar-refractivity contribution in [3.63, 3.8) is 0 Å². The Morgan fingerprint density at radius 1 is 0.957 bits per heavy atom. The highest BCUT2D eigenvalue weighted by Gasteiger charge is 2.27. The van der Waals surface area contributed by atoms with E-state index in [-0.39, 0.29) is 5.56 Å². The van der Waals surface area contributed by atoms with Crippen LogP contribution in [0.5, 0.6) is 0 Å². The molecule has 1 N–H and O–H groups in total. The number of benzene rings is 1. The minimum Gasteiger partial charge on any atom is -0.462 e. The molecule has 5 nitrogen and oxygen atoms in total. The summed E-state index contributed by atoms with van der Waals surface area (Å²) in [5, 5.41) is 2.20. The van der Waals surface area contributed by atoms with Gasteiger partial charge in [-0.1, -0.05) is 45.4 Å². The number of rotatable bonds is 9. The van der Waals surface area contributed by atoms with E-state index in [1.807, 2.05) is 0 Å². The second-order valence-corrected chi connectivity index (χ2v) is 5.80. The van der Waals surface area contributed by atoms with Crippen molar-refractivity contribution in [3.05, 3.63) is 34.9 Å². The number of carbonyl (C=O) groups excluding carboxylic acids is 3. The summed E-state index contributed by atoms with van der Waals surface area (Å²) in [6, 6.07) is 4.42. The highest BCUT2D eigenvalue weighted by molar-refractivity contribution is 6.22. The van der Waals surface area contributed by atoms with Crippen molar-refractivity contribution in [3.8, 4) is 0 Å². The van der Waals surface area contributed by atoms with E-state index in [4.69, 9.17) is 4.74 Å². The molecule has 0 radical (unpaired) electrons. The van der Waals surface area contributed by atoms with Crippen LogP contribution in [-0.4, -0.2) is 24.4 Å². The molecule has 0 atom stereocenters. The third-order valence-electron chi connectivity index (χ3n) is 3.95. The van der Waals surface area contributed by atoms with Crippen LogP contribution in [0.1, 0.15) is 82.9 Å². The zero-order valence-electron chi connectivity index (χ0n) is 13.5. The van der Waals surface area contributed by atoms with Crippen molar-refractivity contribution in [2.24, 2.45) is 0 Å². The third kappa shape index (κ3) is 4.65. The smallest absolute Gasteiger partial charge is 0.338 e. The summed E-state index contributed by atoms with van der Waals surface area (Å²) in [7, 11) is 0. The number of fused-ring (bicyclic) bond motifs is 1. The maximum absolute atomic E-state index is 12.0. The molecule has 1 aromatic rings. The third-order valence-corrected chi connectivity index (χ3v) is 3.95. The first-order valence-electron chi connectivity index (χ1n) is 8.30. The molecule has 0 fully saturated rings. The number of ether oxygens (including phenoxy) is 1. The standard InChI is InChI=1S/C18H23NO4/c1-2-3-4-5-6-7-8-11-23-18(22)13-9-10-14-15(12-13)17(21)19-16(14)20/h9-10,12H,2-8,11H2,1H3,(H,19,20,21). The Balaban J connectivity index is 1.73. The number of hydrogen-bond acceptors (Lipinski definition) is 4. The summed E-state index contributed by atoms with van der Waals surface area (Å²) in [5.41, 5.74) is 0.843. The molecule has 0 unspecified atom stereocenters. The number of carbonyl (C=O) groups is 3. The highest BCUT2D eigenvalue weighted by Crippen LogP contribution is 2.18. The van der Waals surface area contributed by atoms with E-state index in [9.17, 15) is 14.4 Å². The van der Waals surface area contributed by atoms with Crippen LogP contribution >= 0.6 is 0 Å². The van der Waals surface area contributed by atoms with Gasteiger partial charge in [0.25, 0.3) is 11.8 Å². The van der Waals surface area contributed by atoms with E-state index in [1.165, 1.54) is 50.3 Å². The SMILES string of the molecule is CCCCCCCCCOC(=O)c1ccc2c(c1)C(=O)NC2=O. The van der Waals surface area contributed by atoms with Crippen molar-refractivity contribution >= 4 is 17.8 Å². The summed E-state index contributed by atoms with van der Waals surface area (Å²) < 4.78 is 5.22. The molecule has 0 spiro atoms. The molecular weight excluding hydrogens is 294 g/mol. The van der Waals surface area contributed by atoms with Crippen molar-refractivity contribution in [2.45, 2.75) is 51.9 Å². The van der Waals surface area contributed by atoms with E-state index in [1.54, 1.807) is 0 Å². The van der Waals surface area contributed by atoms with E-state index in [0.29, 0.717) is 17.7 Å². The zero-order chi connectivity index (χ0) is 16.7. The second-order valence-electron chi connectivity index (χ2n) is 5.80. The fourth-order valence-electron chi connectivity index (χ4n) is 2.60. The van der Waals surface area contributed by atoms with Crippen LogP contribution in [0.15, 0.2) is 18.2 Å². The summed E-state index contributed by atoms with van der Waals surface area (Å²) in [5.74, 6) is -1.34. The molecule has 124 valence electrons. The minimum absolute atomic E-state index is 0.236. The van der Waals surface area contributed by atoms with Gasteiger partial charge in [0.15, 0.2) is 0 Å². The largest absolute Gasteiger partial charge is 0.462 e. The topological polar surface area (TPSA) is 72.5 Å². The van der Waals surface area contributed by atoms with Gasteiger partial charge in [0.2, 0.25) is 0 Å². The molecule has 5 heteroatoms. The predicted octanol–water partition coefficient (Wildman–Crippen LogP) is 3.48. The van der Waals surface area contributed by atoms with Gasteiger partial charge in [0, 0.05) is 0 Å². The second kappa shape index (κ2) is 8.46. The molecule has 0 saturated heterocycles. The van der Waals surface area contributed by atoms with Crippen molar-refractivity contribution in [1.29, 1.82) is 0 Å². The number of imide groups is 1. The van der Waals surface area contributed by atoms with Crippen molar-refractivity contribution in [1.82, 2.24) is 5.32 Å². The van der Waals surface area contributed by atoms with Crippen LogP contribution in [0.3, 0.4) is 0 Å². The van der Waals surface area contributed by atoms with Gasteiger partial charge in [0.05, 0.1) is 23.3 Å². The van der Waals surface area contributed by atoms with Gasteiger partial charge in [-0.2, -0.15) is 0 Å². The number of nitrogens with one attached hydrogen (secondary N) is 1. The summed E-state index contributed by atoms with van der Waals surface area (Å²) >= 11 is 0. The first-order chi connectivity index (χ1) is 11.1. The Kier molecular flexibility index (Phi) is 6.32. The first kappa shape index (κ1) is 17.2. The molecule has 0 aliphatic carbocycles. The Labute approximate surface area is 136 Å². The Hall–Kier alpha value is -2.17. The monoisotopic (exact) mass is 317 g/mol. The molecule has 1 heterocycles. The van der Waals surface area contributed by atoms with Gasteiger partial charge in [-0.25, -0.2) is 4.79 Å². The lowest BCUT2D eigenvalue weighted by molar-refractivity contribution is 0.0497. The molecule has 0 saturated carbocycles. The van der Waals surface area contributed by atoms with Crippen LogP contribution in [0.4, 0.5) is 0 Å². The number of hydrogen-bond donors (Lipinski definition) is 1. The van der Waals surface area contributed by atoms with Gasteiger partial charge >= 0.3 is 5.97 Å². The van der Waals surface area contributed by atoms with Gasteiger partial charge < -0.3 is 4.74 Å². The average Bonchev–Trinajstić information content (AvgIpc) is 2.84. The lowest BCUT2D eigenvalue weighted by atomic mass is 10.1. The fourth-order valence-corrected chi connectivity index (χ4v) is 2.60. The van der Waals surface area contributed by atoms with E-state index < -0.39 is 17.8 Å². The fraction of sp³-hybridized carbons (Fsp3) is 0.500. The van der Waals surface area contributed by atoms with Crippen LogP contribution < -0.4 is 5.32 Å². The van der Waals surface area contributed by atoms with E-state index in [2.05, 4.69) is 12.2 Å². The van der Waals surface area contributed by atoms with E-state index in [0.717, 1.165) is 12.8 Å². The lowest BCUT2D eigenvalue weighted by Gasteiger charge is -2.06. The van der Waals surface area contributed by atoms with Crippen LogP contribution in [0, 0.1) is 0 Å². The van der Waals surface area contributed by atoms with Crippen molar-refractivity contribution < 1.29 is 19.1 Å². The number of amides is 2. The summed E-state index contributed by atoms with van der Waals surface area (Å²) in [6.45, 7) is 2.58. The lowest BCUT2D eigenvalue weighted by Crippen LogP contribution is -2.19. The Morgan fingerprint density at radius 2 is 1.61 bits per heavy atom. The predicted molar refractivity (Wildman–Crippen MR) is 86.5 cm³/mol. The number of unbranched alkanes of at least 4 members (excludes halogenated alkanes) is 6. The molecule has 1 aliphatic heterocycles. The highest BCUT2D eigenvalue weighted by atomic mass is 16.5. The van der Waals surface area contributed by atoms with Gasteiger partial charge in [-0.3, -0.25) is 14.9 Å².